The molecule has 1 saturated heterocycles. The fourth-order valence-electron chi connectivity index (χ4n) is 3.27. The highest BCUT2D eigenvalue weighted by molar-refractivity contribution is 5.84. The third-order valence-electron chi connectivity index (χ3n) is 5.02. The maximum Gasteiger partial charge on any atom is 0.416 e. The van der Waals surface area contributed by atoms with Gasteiger partial charge >= 0.3 is 12.1 Å². The van der Waals surface area contributed by atoms with Gasteiger partial charge in [-0.15, -0.1) is 0 Å². The van der Waals surface area contributed by atoms with Gasteiger partial charge in [-0.2, -0.15) is 13.2 Å². The minimum absolute atomic E-state index is 0.253. The van der Waals surface area contributed by atoms with Crippen LogP contribution >= 0.6 is 0 Å². The van der Waals surface area contributed by atoms with Crippen molar-refractivity contribution in [1.29, 1.82) is 0 Å². The molecule has 0 aromatic heterocycles. The summed E-state index contributed by atoms with van der Waals surface area (Å²) in [7, 11) is 0. The Morgan fingerprint density at radius 3 is 2.48 bits per heavy atom. The van der Waals surface area contributed by atoms with Crippen LogP contribution in [0.2, 0.25) is 0 Å². The summed E-state index contributed by atoms with van der Waals surface area (Å²) < 4.78 is 38.6. The van der Waals surface area contributed by atoms with E-state index >= 15 is 0 Å². The van der Waals surface area contributed by atoms with Crippen LogP contribution < -0.4 is 10.6 Å². The molecular formula is C17H19F3N2O3. The smallest absolute Gasteiger partial charge is 0.416 e. The fraction of sp³-hybridized carbons (Fsp3) is 0.529. The number of carboxylic acids is 1. The number of carbonyl (C=O) groups excluding carboxylic acids is 1. The SMILES string of the molecule is O=C(O)[C@@H]1CC[C@H](C(=O)NCC2(c3cccc(C(F)(F)F)c3)CC2)N1. The second-order valence-electron chi connectivity index (χ2n) is 6.76. The molecule has 1 aliphatic carbocycles. The molecule has 2 atom stereocenters. The topological polar surface area (TPSA) is 78.4 Å². The molecule has 2 fully saturated rings. The number of benzene rings is 1. The predicted molar refractivity (Wildman–Crippen MR) is 82.9 cm³/mol. The first-order valence-corrected chi connectivity index (χ1v) is 8.16. The quantitative estimate of drug-likeness (QED) is 0.755. The van der Waals surface area contributed by atoms with E-state index in [1.807, 2.05) is 0 Å². The standard InChI is InChI=1S/C17H19F3N2O3/c18-17(19,20)11-3-1-2-10(8-11)16(6-7-16)9-21-14(23)12-4-5-13(22-12)15(24)25/h1-3,8,12-13,22H,4-7,9H2,(H,21,23)(H,24,25)/t12-,13+/m1/s1. The van der Waals surface area contributed by atoms with E-state index in [1.54, 1.807) is 6.07 Å². The summed E-state index contributed by atoms with van der Waals surface area (Å²) in [6.45, 7) is 0.253. The molecule has 1 aromatic carbocycles. The number of alkyl halides is 3. The normalized spacial score (nSPS) is 24.8. The van der Waals surface area contributed by atoms with Gasteiger partial charge in [0.15, 0.2) is 0 Å². The molecule has 1 aliphatic heterocycles. The van der Waals surface area contributed by atoms with E-state index in [2.05, 4.69) is 10.6 Å². The Labute approximate surface area is 142 Å². The largest absolute Gasteiger partial charge is 0.480 e. The molecule has 1 amide bonds. The zero-order chi connectivity index (χ0) is 18.2. The molecule has 0 radical (unpaired) electrons. The molecule has 3 N–H and O–H groups in total. The number of amides is 1. The average molecular weight is 356 g/mol. The minimum Gasteiger partial charge on any atom is -0.480 e. The van der Waals surface area contributed by atoms with Gasteiger partial charge in [-0.05, 0) is 37.3 Å². The summed E-state index contributed by atoms with van der Waals surface area (Å²) in [5, 5.41) is 14.5. The van der Waals surface area contributed by atoms with Crippen molar-refractivity contribution in [2.45, 2.75) is 49.4 Å². The number of hydrogen-bond donors (Lipinski definition) is 3. The first-order chi connectivity index (χ1) is 11.7. The van der Waals surface area contributed by atoms with Crippen molar-refractivity contribution in [3.05, 3.63) is 35.4 Å². The lowest BCUT2D eigenvalue weighted by atomic mass is 9.94. The van der Waals surface area contributed by atoms with E-state index in [0.29, 0.717) is 31.2 Å². The highest BCUT2D eigenvalue weighted by atomic mass is 19.4. The molecule has 3 rings (SSSR count). The van der Waals surface area contributed by atoms with Gasteiger partial charge < -0.3 is 10.4 Å². The van der Waals surface area contributed by atoms with Crippen LogP contribution in [0.25, 0.3) is 0 Å². The van der Waals surface area contributed by atoms with E-state index in [9.17, 15) is 22.8 Å². The summed E-state index contributed by atoms with van der Waals surface area (Å²) in [5.41, 5.74) is -0.573. The Morgan fingerprint density at radius 1 is 1.24 bits per heavy atom. The number of rotatable bonds is 5. The molecular weight excluding hydrogens is 337 g/mol. The van der Waals surface area contributed by atoms with E-state index < -0.39 is 35.2 Å². The molecule has 0 spiro atoms. The Balaban J connectivity index is 1.62. The van der Waals surface area contributed by atoms with Crippen LogP contribution in [-0.2, 0) is 21.2 Å². The highest BCUT2D eigenvalue weighted by Crippen LogP contribution is 2.48. The zero-order valence-corrected chi connectivity index (χ0v) is 13.4. The number of carboxylic acid groups (broad SMARTS) is 1. The lowest BCUT2D eigenvalue weighted by molar-refractivity contribution is -0.139. The Bertz CT molecular complexity index is 686. The monoisotopic (exact) mass is 356 g/mol. The first-order valence-electron chi connectivity index (χ1n) is 8.16. The number of hydrogen-bond acceptors (Lipinski definition) is 3. The maximum atomic E-state index is 12.9. The summed E-state index contributed by atoms with van der Waals surface area (Å²) in [6, 6.07) is 3.92. The zero-order valence-electron chi connectivity index (χ0n) is 13.4. The molecule has 0 unspecified atom stereocenters. The van der Waals surface area contributed by atoms with Crippen LogP contribution in [0.3, 0.4) is 0 Å². The third kappa shape index (κ3) is 3.78. The van der Waals surface area contributed by atoms with Crippen LogP contribution in [-0.4, -0.2) is 35.6 Å². The van der Waals surface area contributed by atoms with Gasteiger partial charge in [-0.25, -0.2) is 0 Å². The van der Waals surface area contributed by atoms with Crippen molar-refractivity contribution in [1.82, 2.24) is 10.6 Å². The Kier molecular flexibility index (Phi) is 4.49. The van der Waals surface area contributed by atoms with Crippen molar-refractivity contribution >= 4 is 11.9 Å². The highest BCUT2D eigenvalue weighted by Gasteiger charge is 2.46. The molecule has 1 heterocycles. The van der Waals surface area contributed by atoms with Gasteiger partial charge in [0.05, 0.1) is 11.6 Å². The van der Waals surface area contributed by atoms with Crippen LogP contribution in [0.15, 0.2) is 24.3 Å². The van der Waals surface area contributed by atoms with Gasteiger partial charge in [0.1, 0.15) is 6.04 Å². The van der Waals surface area contributed by atoms with Crippen molar-refractivity contribution in [3.63, 3.8) is 0 Å². The van der Waals surface area contributed by atoms with Gasteiger partial charge in [-0.1, -0.05) is 18.2 Å². The fourth-order valence-corrected chi connectivity index (χ4v) is 3.27. The molecule has 8 heteroatoms. The summed E-state index contributed by atoms with van der Waals surface area (Å²) in [6.07, 6.45) is -2.16. The van der Waals surface area contributed by atoms with Crippen molar-refractivity contribution in [3.8, 4) is 0 Å². The number of halogens is 3. The van der Waals surface area contributed by atoms with Crippen molar-refractivity contribution < 1.29 is 27.9 Å². The average Bonchev–Trinajstić information content (AvgIpc) is 3.18. The van der Waals surface area contributed by atoms with Crippen molar-refractivity contribution in [2.75, 3.05) is 6.54 Å². The minimum atomic E-state index is -4.39. The van der Waals surface area contributed by atoms with E-state index in [0.717, 1.165) is 12.1 Å². The van der Waals surface area contributed by atoms with Crippen LogP contribution in [0.4, 0.5) is 13.2 Å². The van der Waals surface area contributed by atoms with E-state index in [-0.39, 0.29) is 12.5 Å². The lowest BCUT2D eigenvalue weighted by Crippen LogP contribution is -2.46. The third-order valence-corrected chi connectivity index (χ3v) is 5.02. The molecule has 5 nitrogen and oxygen atoms in total. The predicted octanol–water partition coefficient (Wildman–Crippen LogP) is 2.06. The summed E-state index contributed by atoms with van der Waals surface area (Å²) in [4.78, 5) is 23.1. The molecule has 2 aliphatic rings. The summed E-state index contributed by atoms with van der Waals surface area (Å²) in [5.74, 6) is -1.29. The van der Waals surface area contributed by atoms with Crippen LogP contribution in [0.1, 0.15) is 36.8 Å². The van der Waals surface area contributed by atoms with Gasteiger partial charge in [0.25, 0.3) is 0 Å². The Morgan fingerprint density at radius 2 is 1.92 bits per heavy atom. The number of aliphatic carboxylic acids is 1. The maximum absolute atomic E-state index is 12.9. The Hall–Kier alpha value is -2.09. The van der Waals surface area contributed by atoms with E-state index in [4.69, 9.17) is 5.11 Å². The second-order valence-corrected chi connectivity index (χ2v) is 6.76. The molecule has 0 bridgehead atoms. The molecule has 1 aromatic rings. The molecule has 136 valence electrons. The number of carbonyl (C=O) groups is 2. The van der Waals surface area contributed by atoms with Crippen molar-refractivity contribution in [2.24, 2.45) is 0 Å². The molecule has 25 heavy (non-hydrogen) atoms. The van der Waals surface area contributed by atoms with Gasteiger partial charge in [0, 0.05) is 12.0 Å². The van der Waals surface area contributed by atoms with Gasteiger partial charge in [-0.3, -0.25) is 14.9 Å². The number of nitrogens with one attached hydrogen (secondary N) is 2. The van der Waals surface area contributed by atoms with Gasteiger partial charge in [0.2, 0.25) is 5.91 Å². The summed E-state index contributed by atoms with van der Waals surface area (Å²) >= 11 is 0. The van der Waals surface area contributed by atoms with Crippen LogP contribution in [0, 0.1) is 0 Å². The van der Waals surface area contributed by atoms with E-state index in [1.165, 1.54) is 6.07 Å². The molecule has 1 saturated carbocycles. The second kappa shape index (κ2) is 6.33. The van der Waals surface area contributed by atoms with Crippen LogP contribution in [0.5, 0.6) is 0 Å². The lowest BCUT2D eigenvalue weighted by Gasteiger charge is -2.20. The first kappa shape index (κ1) is 17.7.